The van der Waals surface area contributed by atoms with Crippen LogP contribution in [0.1, 0.15) is 6.92 Å². The third-order valence-electron chi connectivity index (χ3n) is 3.69. The number of rotatable bonds is 3. The normalized spacial score (nSPS) is 21.9. The maximum atomic E-state index is 12.4. The number of aromatic nitrogens is 3. The molecule has 104 valence electrons. The highest BCUT2D eigenvalue weighted by atomic mass is 16.2. The second kappa shape index (κ2) is 5.42. The van der Waals surface area contributed by atoms with Crippen molar-refractivity contribution in [2.75, 3.05) is 18.4 Å². The summed E-state index contributed by atoms with van der Waals surface area (Å²) >= 11 is 0. The van der Waals surface area contributed by atoms with Gasteiger partial charge in [-0.3, -0.25) is 4.79 Å². The molecule has 0 bridgehead atoms. The Kier molecular flexibility index (Phi) is 3.47. The van der Waals surface area contributed by atoms with E-state index >= 15 is 0 Å². The fraction of sp³-hybridized carbons (Fsp3) is 0.357. The van der Waals surface area contributed by atoms with Gasteiger partial charge in [0.25, 0.3) is 0 Å². The zero-order valence-corrected chi connectivity index (χ0v) is 11.3. The molecule has 1 aliphatic rings. The topological polar surface area (TPSA) is 71.8 Å². The number of amides is 1. The third kappa shape index (κ3) is 2.42. The van der Waals surface area contributed by atoms with Gasteiger partial charge in [-0.25, -0.2) is 4.68 Å². The van der Waals surface area contributed by atoms with Crippen LogP contribution in [0.25, 0.3) is 5.69 Å². The summed E-state index contributed by atoms with van der Waals surface area (Å²) < 4.78 is 1.64. The molecule has 1 fully saturated rings. The van der Waals surface area contributed by atoms with Gasteiger partial charge in [0.15, 0.2) is 0 Å². The van der Waals surface area contributed by atoms with E-state index in [1.807, 2.05) is 24.3 Å². The lowest BCUT2D eigenvalue weighted by Gasteiger charge is -2.16. The summed E-state index contributed by atoms with van der Waals surface area (Å²) in [5, 5.41) is 14.0. The van der Waals surface area contributed by atoms with Crippen molar-refractivity contribution in [1.29, 1.82) is 0 Å². The van der Waals surface area contributed by atoms with E-state index in [-0.39, 0.29) is 11.8 Å². The van der Waals surface area contributed by atoms with Crippen LogP contribution in [0.15, 0.2) is 36.7 Å². The number of para-hydroxylation sites is 2. The predicted molar refractivity (Wildman–Crippen MR) is 75.5 cm³/mol. The Hall–Kier alpha value is -2.21. The molecule has 20 heavy (non-hydrogen) atoms. The van der Waals surface area contributed by atoms with Gasteiger partial charge in [0.1, 0.15) is 0 Å². The van der Waals surface area contributed by atoms with Crippen LogP contribution in [0.2, 0.25) is 0 Å². The fourth-order valence-corrected chi connectivity index (χ4v) is 2.50. The highest BCUT2D eigenvalue weighted by Gasteiger charge is 2.29. The van der Waals surface area contributed by atoms with Gasteiger partial charge >= 0.3 is 0 Å². The van der Waals surface area contributed by atoms with Crippen molar-refractivity contribution >= 4 is 11.6 Å². The highest BCUT2D eigenvalue weighted by Crippen LogP contribution is 2.22. The number of nitrogens with zero attached hydrogens (tertiary/aromatic N) is 3. The largest absolute Gasteiger partial charge is 0.324 e. The molecule has 1 aliphatic heterocycles. The number of anilines is 1. The van der Waals surface area contributed by atoms with Crippen molar-refractivity contribution in [3.8, 4) is 5.69 Å². The van der Waals surface area contributed by atoms with E-state index < -0.39 is 0 Å². The lowest BCUT2D eigenvalue weighted by molar-refractivity contribution is -0.120. The van der Waals surface area contributed by atoms with Crippen molar-refractivity contribution in [2.24, 2.45) is 11.8 Å². The molecule has 2 aromatic rings. The number of nitrogens with one attached hydrogen (secondary N) is 2. The number of hydrogen-bond donors (Lipinski definition) is 2. The Morgan fingerprint density at radius 2 is 2.25 bits per heavy atom. The molecule has 0 unspecified atom stereocenters. The average molecular weight is 271 g/mol. The number of carbonyl (C=O) groups excluding carboxylic acids is 1. The molecule has 6 nitrogen and oxygen atoms in total. The summed E-state index contributed by atoms with van der Waals surface area (Å²) in [5.74, 6) is 0.419. The number of carbonyl (C=O) groups is 1. The second-order valence-electron chi connectivity index (χ2n) is 5.10. The molecule has 2 heterocycles. The van der Waals surface area contributed by atoms with Crippen molar-refractivity contribution in [1.82, 2.24) is 20.3 Å². The Morgan fingerprint density at radius 3 is 2.95 bits per heavy atom. The first-order chi connectivity index (χ1) is 9.75. The van der Waals surface area contributed by atoms with Crippen molar-refractivity contribution in [3.63, 3.8) is 0 Å². The van der Waals surface area contributed by atoms with Crippen LogP contribution >= 0.6 is 0 Å². The van der Waals surface area contributed by atoms with Crippen LogP contribution in [0.5, 0.6) is 0 Å². The molecule has 1 aromatic heterocycles. The van der Waals surface area contributed by atoms with Crippen LogP contribution in [-0.4, -0.2) is 34.0 Å². The minimum absolute atomic E-state index is 0.0128. The molecule has 6 heteroatoms. The molecular weight excluding hydrogens is 254 g/mol. The average Bonchev–Trinajstić information content (AvgIpc) is 3.10. The molecule has 1 saturated heterocycles. The zero-order valence-electron chi connectivity index (χ0n) is 11.3. The van der Waals surface area contributed by atoms with Gasteiger partial charge in [0, 0.05) is 6.54 Å². The quantitative estimate of drug-likeness (QED) is 0.875. The summed E-state index contributed by atoms with van der Waals surface area (Å²) in [6.07, 6.45) is 3.37. The van der Waals surface area contributed by atoms with Gasteiger partial charge < -0.3 is 10.6 Å². The minimum Gasteiger partial charge on any atom is -0.324 e. The van der Waals surface area contributed by atoms with Crippen LogP contribution in [0.4, 0.5) is 5.69 Å². The van der Waals surface area contributed by atoms with E-state index in [0.717, 1.165) is 24.5 Å². The molecule has 0 saturated carbocycles. The first kappa shape index (κ1) is 12.8. The summed E-state index contributed by atoms with van der Waals surface area (Å²) in [6.45, 7) is 3.72. The summed E-state index contributed by atoms with van der Waals surface area (Å²) in [7, 11) is 0. The molecule has 1 amide bonds. The molecule has 1 aromatic carbocycles. The SMILES string of the molecule is C[C@@H]1CNC[C@H]1C(=O)Nc1ccccc1-n1ccnn1. The summed E-state index contributed by atoms with van der Waals surface area (Å²) in [4.78, 5) is 12.4. The zero-order chi connectivity index (χ0) is 13.9. The lowest BCUT2D eigenvalue weighted by Crippen LogP contribution is -2.28. The Balaban J connectivity index is 1.83. The first-order valence-corrected chi connectivity index (χ1v) is 6.73. The molecule has 3 rings (SSSR count). The second-order valence-corrected chi connectivity index (χ2v) is 5.10. The molecule has 0 aliphatic carbocycles. The van der Waals surface area contributed by atoms with Gasteiger partial charge in [-0.2, -0.15) is 0 Å². The van der Waals surface area contributed by atoms with Crippen LogP contribution in [0.3, 0.4) is 0 Å². The highest BCUT2D eigenvalue weighted by molar-refractivity contribution is 5.94. The molecule has 2 atom stereocenters. The molecule has 0 spiro atoms. The van der Waals surface area contributed by atoms with Crippen molar-refractivity contribution < 1.29 is 4.79 Å². The molecule has 0 radical (unpaired) electrons. The predicted octanol–water partition coefficient (Wildman–Crippen LogP) is 1.06. The van der Waals surface area contributed by atoms with Gasteiger partial charge in [0.05, 0.1) is 29.7 Å². The van der Waals surface area contributed by atoms with Crippen molar-refractivity contribution in [2.45, 2.75) is 6.92 Å². The Bertz CT molecular complexity index is 595. The first-order valence-electron chi connectivity index (χ1n) is 6.73. The van der Waals surface area contributed by atoms with E-state index in [1.54, 1.807) is 17.1 Å². The number of benzene rings is 1. The van der Waals surface area contributed by atoms with Crippen molar-refractivity contribution in [3.05, 3.63) is 36.7 Å². The van der Waals surface area contributed by atoms with E-state index in [9.17, 15) is 4.79 Å². The Labute approximate surface area is 117 Å². The molecule has 2 N–H and O–H groups in total. The lowest BCUT2D eigenvalue weighted by atomic mass is 9.97. The van der Waals surface area contributed by atoms with Gasteiger partial charge in [-0.05, 0) is 24.6 Å². The van der Waals surface area contributed by atoms with E-state index in [0.29, 0.717) is 5.92 Å². The third-order valence-corrected chi connectivity index (χ3v) is 3.69. The maximum Gasteiger partial charge on any atom is 0.229 e. The van der Waals surface area contributed by atoms with Gasteiger partial charge in [-0.15, -0.1) is 5.10 Å². The number of hydrogen-bond acceptors (Lipinski definition) is 4. The molecular formula is C14H17N5O. The summed E-state index contributed by atoms with van der Waals surface area (Å²) in [6, 6.07) is 7.58. The Morgan fingerprint density at radius 1 is 1.40 bits per heavy atom. The smallest absolute Gasteiger partial charge is 0.229 e. The summed E-state index contributed by atoms with van der Waals surface area (Å²) in [5.41, 5.74) is 1.57. The fourth-order valence-electron chi connectivity index (χ4n) is 2.50. The van der Waals surface area contributed by atoms with Gasteiger partial charge in [0.2, 0.25) is 5.91 Å². The van der Waals surface area contributed by atoms with Crippen LogP contribution in [-0.2, 0) is 4.79 Å². The van der Waals surface area contributed by atoms with Gasteiger partial charge in [-0.1, -0.05) is 24.3 Å². The monoisotopic (exact) mass is 271 g/mol. The maximum absolute atomic E-state index is 12.4. The van der Waals surface area contributed by atoms with E-state index in [2.05, 4.69) is 27.9 Å². The van der Waals surface area contributed by atoms with Crippen LogP contribution in [0, 0.1) is 11.8 Å². The van der Waals surface area contributed by atoms with E-state index in [1.165, 1.54) is 0 Å². The minimum atomic E-state index is 0.0128. The standard InChI is InChI=1S/C14H17N5O/c1-10-8-15-9-11(10)14(20)17-12-4-2-3-5-13(12)19-7-6-16-18-19/h2-7,10-11,15H,8-9H2,1H3,(H,17,20)/t10-,11-/m1/s1. The van der Waals surface area contributed by atoms with Crippen LogP contribution < -0.4 is 10.6 Å². The van der Waals surface area contributed by atoms with E-state index in [4.69, 9.17) is 0 Å².